The van der Waals surface area contributed by atoms with E-state index in [2.05, 4.69) is 18.7 Å². The number of unbranched alkanes of at least 4 members (excludes halogenated alkanes) is 1. The second-order valence-electron chi connectivity index (χ2n) is 3.75. The fraction of sp³-hybridized carbons (Fsp3) is 1.00. The van der Waals surface area contributed by atoms with E-state index in [9.17, 15) is 0 Å². The van der Waals surface area contributed by atoms with Gasteiger partial charge in [0.2, 0.25) is 0 Å². The summed E-state index contributed by atoms with van der Waals surface area (Å²) in [5.74, 6) is 0.701. The highest BCUT2D eigenvalue weighted by molar-refractivity contribution is 4.83. The van der Waals surface area contributed by atoms with Gasteiger partial charge in [-0.15, -0.1) is 0 Å². The minimum Gasteiger partial charge on any atom is -0.326 e. The number of hydrogen-bond donors (Lipinski definition) is 1. The van der Waals surface area contributed by atoms with E-state index in [-0.39, 0.29) is 0 Å². The van der Waals surface area contributed by atoms with Gasteiger partial charge in [-0.3, -0.25) is 0 Å². The predicted octanol–water partition coefficient (Wildman–Crippen LogP) is 1.07. The molecule has 2 N–H and O–H groups in total. The maximum Gasteiger partial charge on any atom is 0.0206 e. The lowest BCUT2D eigenvalue weighted by Gasteiger charge is -2.13. The van der Waals surface area contributed by atoms with Crippen LogP contribution in [0.5, 0.6) is 0 Å². The molecule has 0 radical (unpaired) electrons. The number of likely N-dealkylation sites (tertiary alicyclic amines) is 1. The normalized spacial score (nSPS) is 33.0. The Labute approximate surface area is 69.8 Å². The number of nitrogens with zero attached hydrogens (tertiary/aromatic N) is 1. The van der Waals surface area contributed by atoms with E-state index in [4.69, 9.17) is 5.73 Å². The molecule has 1 rings (SSSR count). The lowest BCUT2D eigenvalue weighted by atomic mass is 10.1. The highest BCUT2D eigenvalue weighted by atomic mass is 15.2. The molecule has 11 heavy (non-hydrogen) atoms. The molecule has 0 spiro atoms. The molecular formula is C9H20N2. The molecule has 0 aromatic heterocycles. The summed E-state index contributed by atoms with van der Waals surface area (Å²) in [4.78, 5) is 2.48. The summed E-state index contributed by atoms with van der Waals surface area (Å²) in [5.41, 5.74) is 5.90. The van der Waals surface area contributed by atoms with Crippen molar-refractivity contribution in [2.24, 2.45) is 11.7 Å². The van der Waals surface area contributed by atoms with Crippen LogP contribution in [0, 0.1) is 5.92 Å². The van der Waals surface area contributed by atoms with E-state index in [0.717, 1.165) is 6.54 Å². The molecule has 0 aliphatic carbocycles. The summed E-state index contributed by atoms with van der Waals surface area (Å²) in [6.45, 7) is 8.05. The van der Waals surface area contributed by atoms with Crippen LogP contribution in [0.3, 0.4) is 0 Å². The molecule has 1 saturated heterocycles. The van der Waals surface area contributed by atoms with Crippen molar-refractivity contribution in [2.75, 3.05) is 19.6 Å². The molecule has 2 heteroatoms. The highest BCUT2D eigenvalue weighted by Gasteiger charge is 2.25. The third-order valence-electron chi connectivity index (χ3n) is 2.57. The van der Waals surface area contributed by atoms with Gasteiger partial charge in [-0.25, -0.2) is 0 Å². The van der Waals surface area contributed by atoms with E-state index in [0.29, 0.717) is 12.0 Å². The summed E-state index contributed by atoms with van der Waals surface area (Å²) < 4.78 is 0. The first-order valence-electron chi connectivity index (χ1n) is 4.72. The Morgan fingerprint density at radius 1 is 1.45 bits per heavy atom. The molecule has 1 heterocycles. The van der Waals surface area contributed by atoms with Crippen molar-refractivity contribution >= 4 is 0 Å². The Hall–Kier alpha value is -0.0800. The smallest absolute Gasteiger partial charge is 0.0206 e. The van der Waals surface area contributed by atoms with Crippen LogP contribution in [0.2, 0.25) is 0 Å². The van der Waals surface area contributed by atoms with Crippen molar-refractivity contribution < 1.29 is 0 Å². The SMILES string of the molecule is CCCCN1CC(C)C(N)C1. The Morgan fingerprint density at radius 2 is 2.18 bits per heavy atom. The Bertz CT molecular complexity index is 104. The summed E-state index contributed by atoms with van der Waals surface area (Å²) in [6, 6.07) is 0.423. The van der Waals surface area contributed by atoms with Crippen molar-refractivity contribution in [3.8, 4) is 0 Å². The first-order chi connectivity index (χ1) is 5.24. The van der Waals surface area contributed by atoms with Crippen LogP contribution in [0.15, 0.2) is 0 Å². The Morgan fingerprint density at radius 3 is 2.64 bits per heavy atom. The first kappa shape index (κ1) is 9.01. The zero-order valence-electron chi connectivity index (χ0n) is 7.71. The third-order valence-corrected chi connectivity index (χ3v) is 2.57. The molecule has 66 valence electrons. The first-order valence-corrected chi connectivity index (χ1v) is 4.72. The van der Waals surface area contributed by atoms with Crippen molar-refractivity contribution in [3.63, 3.8) is 0 Å². The minimum atomic E-state index is 0.423. The Kier molecular flexibility index (Phi) is 3.34. The van der Waals surface area contributed by atoms with Crippen LogP contribution < -0.4 is 5.73 Å². The molecule has 0 bridgehead atoms. The summed E-state index contributed by atoms with van der Waals surface area (Å²) in [6.07, 6.45) is 2.61. The molecule has 2 unspecified atom stereocenters. The lowest BCUT2D eigenvalue weighted by molar-refractivity contribution is 0.320. The second kappa shape index (κ2) is 4.07. The van der Waals surface area contributed by atoms with Gasteiger partial charge >= 0.3 is 0 Å². The summed E-state index contributed by atoms with van der Waals surface area (Å²) >= 11 is 0. The van der Waals surface area contributed by atoms with Crippen molar-refractivity contribution in [1.29, 1.82) is 0 Å². The van der Waals surface area contributed by atoms with Crippen LogP contribution in [0.4, 0.5) is 0 Å². The number of hydrogen-bond acceptors (Lipinski definition) is 2. The molecular weight excluding hydrogens is 136 g/mol. The van der Waals surface area contributed by atoms with Crippen LogP contribution in [0.25, 0.3) is 0 Å². The maximum atomic E-state index is 5.90. The Balaban J connectivity index is 2.18. The zero-order valence-corrected chi connectivity index (χ0v) is 7.71. The molecule has 2 atom stereocenters. The topological polar surface area (TPSA) is 29.3 Å². The van der Waals surface area contributed by atoms with Gasteiger partial charge in [0.1, 0.15) is 0 Å². The molecule has 1 aliphatic rings. The van der Waals surface area contributed by atoms with Crippen LogP contribution in [-0.2, 0) is 0 Å². The maximum absolute atomic E-state index is 5.90. The van der Waals surface area contributed by atoms with Crippen molar-refractivity contribution in [1.82, 2.24) is 4.90 Å². The third kappa shape index (κ3) is 2.46. The van der Waals surface area contributed by atoms with Crippen molar-refractivity contribution in [2.45, 2.75) is 32.7 Å². The molecule has 0 aromatic rings. The minimum absolute atomic E-state index is 0.423. The molecule has 2 nitrogen and oxygen atoms in total. The van der Waals surface area contributed by atoms with Gasteiger partial charge in [0.05, 0.1) is 0 Å². The fourth-order valence-electron chi connectivity index (χ4n) is 1.66. The van der Waals surface area contributed by atoms with Gasteiger partial charge in [-0.05, 0) is 18.9 Å². The average molecular weight is 156 g/mol. The number of nitrogens with two attached hydrogens (primary N) is 1. The monoisotopic (exact) mass is 156 g/mol. The quantitative estimate of drug-likeness (QED) is 0.662. The zero-order chi connectivity index (χ0) is 8.27. The molecule has 0 saturated carbocycles. The van der Waals surface area contributed by atoms with E-state index >= 15 is 0 Å². The summed E-state index contributed by atoms with van der Waals surface area (Å²) in [5, 5.41) is 0. The number of rotatable bonds is 3. The van der Waals surface area contributed by atoms with Crippen molar-refractivity contribution in [3.05, 3.63) is 0 Å². The van der Waals surface area contributed by atoms with E-state index in [1.54, 1.807) is 0 Å². The van der Waals surface area contributed by atoms with Gasteiger partial charge in [0.15, 0.2) is 0 Å². The van der Waals surface area contributed by atoms with Gasteiger partial charge in [0, 0.05) is 19.1 Å². The molecule has 1 fully saturated rings. The van der Waals surface area contributed by atoms with E-state index in [1.807, 2.05) is 0 Å². The summed E-state index contributed by atoms with van der Waals surface area (Å²) in [7, 11) is 0. The van der Waals surface area contributed by atoms with Gasteiger partial charge in [-0.1, -0.05) is 20.3 Å². The predicted molar refractivity (Wildman–Crippen MR) is 48.5 cm³/mol. The standard InChI is InChI=1S/C9H20N2/c1-3-4-5-11-6-8(2)9(10)7-11/h8-9H,3-7,10H2,1-2H3. The van der Waals surface area contributed by atoms with Crippen LogP contribution in [0.1, 0.15) is 26.7 Å². The van der Waals surface area contributed by atoms with E-state index in [1.165, 1.54) is 25.9 Å². The fourth-order valence-corrected chi connectivity index (χ4v) is 1.66. The lowest BCUT2D eigenvalue weighted by Crippen LogP contribution is -2.28. The molecule has 1 aliphatic heterocycles. The molecule has 0 amide bonds. The van der Waals surface area contributed by atoms with Crippen LogP contribution in [-0.4, -0.2) is 30.6 Å². The average Bonchev–Trinajstić information content (AvgIpc) is 2.28. The van der Waals surface area contributed by atoms with Gasteiger partial charge in [0.25, 0.3) is 0 Å². The second-order valence-corrected chi connectivity index (χ2v) is 3.75. The van der Waals surface area contributed by atoms with E-state index < -0.39 is 0 Å². The van der Waals surface area contributed by atoms with Gasteiger partial charge < -0.3 is 10.6 Å². The highest BCUT2D eigenvalue weighted by Crippen LogP contribution is 2.14. The largest absolute Gasteiger partial charge is 0.326 e. The van der Waals surface area contributed by atoms with Crippen LogP contribution >= 0.6 is 0 Å². The molecule has 0 aromatic carbocycles. The van der Waals surface area contributed by atoms with Gasteiger partial charge in [-0.2, -0.15) is 0 Å².